The van der Waals surface area contributed by atoms with Gasteiger partial charge in [-0.05, 0) is 48.6 Å². The van der Waals surface area contributed by atoms with Gasteiger partial charge in [0.15, 0.2) is 11.6 Å². The van der Waals surface area contributed by atoms with Crippen LogP contribution in [0.15, 0.2) is 77.9 Å². The van der Waals surface area contributed by atoms with Gasteiger partial charge in [-0.15, -0.1) is 0 Å². The number of piperidine rings is 1. The van der Waals surface area contributed by atoms with Crippen LogP contribution in [0.3, 0.4) is 0 Å². The first-order valence-corrected chi connectivity index (χ1v) is 12.9. The monoisotopic (exact) mass is 540 g/mol. The lowest BCUT2D eigenvalue weighted by Crippen LogP contribution is -2.38. The van der Waals surface area contributed by atoms with E-state index >= 15 is 0 Å². The molecule has 0 saturated carbocycles. The van der Waals surface area contributed by atoms with Gasteiger partial charge in [0.1, 0.15) is 0 Å². The molecule has 11 nitrogen and oxygen atoms in total. The molecule has 2 aromatic heterocycles. The van der Waals surface area contributed by atoms with Crippen LogP contribution in [-0.2, 0) is 6.54 Å². The summed E-state index contributed by atoms with van der Waals surface area (Å²) in [5.74, 6) is 0.816. The zero-order valence-electron chi connectivity index (χ0n) is 21.6. The summed E-state index contributed by atoms with van der Waals surface area (Å²) in [6, 6.07) is 17.4. The number of carbonyl (C=O) groups is 2. The topological polar surface area (TPSA) is 154 Å². The number of ether oxygens (including phenoxy) is 1. The lowest BCUT2D eigenvalue weighted by atomic mass is 9.98. The van der Waals surface area contributed by atoms with E-state index in [4.69, 9.17) is 15.6 Å². The summed E-state index contributed by atoms with van der Waals surface area (Å²) in [5.41, 5.74) is 8.35. The number of amides is 2. The molecule has 0 radical (unpaired) electrons. The Morgan fingerprint density at radius 1 is 0.975 bits per heavy atom. The zero-order chi connectivity index (χ0) is 28.1. The number of benzene rings is 2. The molecule has 5 rings (SSSR count). The lowest BCUT2D eigenvalue weighted by molar-refractivity contribution is 0.1000. The molecule has 2 aromatic carbocycles. The molecule has 40 heavy (non-hydrogen) atoms. The third kappa shape index (κ3) is 6.32. The molecule has 1 aliphatic rings. The molecule has 2 amide bonds. The second-order valence-electron chi connectivity index (χ2n) is 9.63. The van der Waals surface area contributed by atoms with Crippen LogP contribution in [0.1, 0.15) is 28.8 Å². The van der Waals surface area contributed by atoms with Crippen LogP contribution in [0.2, 0.25) is 0 Å². The summed E-state index contributed by atoms with van der Waals surface area (Å²) >= 11 is 0. The minimum Gasteiger partial charge on any atom is -0.490 e. The molecule has 0 bridgehead atoms. The molecule has 11 heteroatoms. The van der Waals surface area contributed by atoms with Gasteiger partial charge in [0.05, 0.1) is 31.2 Å². The average molecular weight is 541 g/mol. The van der Waals surface area contributed by atoms with E-state index < -0.39 is 12.0 Å². The Labute approximate surface area is 229 Å². The van der Waals surface area contributed by atoms with Crippen molar-refractivity contribution in [3.8, 4) is 28.4 Å². The molecule has 1 saturated heterocycles. The first-order chi connectivity index (χ1) is 19.4. The molecule has 3 N–H and O–H groups in total. The first-order valence-electron chi connectivity index (χ1n) is 12.9. The molecule has 3 heterocycles. The Bertz CT molecular complexity index is 1580. The van der Waals surface area contributed by atoms with Crippen LogP contribution in [-0.4, -0.2) is 61.5 Å². The van der Waals surface area contributed by atoms with E-state index in [-0.39, 0.29) is 18.0 Å². The number of carbonyl (C=O) groups excluding carboxylic acids is 1. The Morgan fingerprint density at radius 2 is 1.70 bits per heavy atom. The highest BCUT2D eigenvalue weighted by Crippen LogP contribution is 2.22. The van der Waals surface area contributed by atoms with Crippen molar-refractivity contribution in [2.24, 2.45) is 11.7 Å². The van der Waals surface area contributed by atoms with Crippen molar-refractivity contribution in [2.75, 3.05) is 19.7 Å². The fourth-order valence-corrected chi connectivity index (χ4v) is 4.57. The molecule has 0 atom stereocenters. The highest BCUT2D eigenvalue weighted by Gasteiger charge is 2.22. The normalized spacial score (nSPS) is 13.7. The average Bonchev–Trinajstić information content (AvgIpc) is 2.98. The number of nitrogens with two attached hydrogens (primary N) is 1. The van der Waals surface area contributed by atoms with Crippen molar-refractivity contribution < 1.29 is 19.4 Å². The molecule has 0 unspecified atom stereocenters. The van der Waals surface area contributed by atoms with Crippen LogP contribution >= 0.6 is 0 Å². The molecular weight excluding hydrogens is 512 g/mol. The smallest absolute Gasteiger partial charge is 0.407 e. The summed E-state index contributed by atoms with van der Waals surface area (Å²) in [4.78, 5) is 45.5. The standard InChI is InChI=1S/C29H28N6O5/c30-27(37)22-5-2-4-21(14-22)25-7-8-26(36)35(33-25)17-20-3-1-6-23(13-20)28-31-15-24(16-32-28)40-18-19-9-11-34(12-10-19)29(38)39/h1-8,13-16,19H,9-12,17-18H2,(H2,30,37)(H,38,39). The summed E-state index contributed by atoms with van der Waals surface area (Å²) in [7, 11) is 0. The minimum absolute atomic E-state index is 0.234. The number of carboxylic acid groups (broad SMARTS) is 1. The molecule has 204 valence electrons. The van der Waals surface area contributed by atoms with Gasteiger partial charge in [-0.2, -0.15) is 5.10 Å². The van der Waals surface area contributed by atoms with Gasteiger partial charge in [0, 0.05) is 35.8 Å². The highest BCUT2D eigenvalue weighted by atomic mass is 16.5. The van der Waals surface area contributed by atoms with Crippen molar-refractivity contribution in [2.45, 2.75) is 19.4 Å². The van der Waals surface area contributed by atoms with Crippen LogP contribution < -0.4 is 16.0 Å². The minimum atomic E-state index is -0.878. The van der Waals surface area contributed by atoms with E-state index in [2.05, 4.69) is 15.1 Å². The molecule has 0 aliphatic carbocycles. The van der Waals surface area contributed by atoms with Crippen LogP contribution in [0.4, 0.5) is 4.79 Å². The van der Waals surface area contributed by atoms with Gasteiger partial charge >= 0.3 is 6.09 Å². The Balaban J connectivity index is 1.25. The molecule has 1 fully saturated rings. The number of likely N-dealkylation sites (tertiary alicyclic amines) is 1. The van der Waals surface area contributed by atoms with E-state index in [0.29, 0.717) is 48.1 Å². The van der Waals surface area contributed by atoms with Crippen LogP contribution in [0.25, 0.3) is 22.6 Å². The lowest BCUT2D eigenvalue weighted by Gasteiger charge is -2.29. The van der Waals surface area contributed by atoms with E-state index in [0.717, 1.165) is 24.0 Å². The zero-order valence-corrected chi connectivity index (χ0v) is 21.6. The van der Waals surface area contributed by atoms with Crippen LogP contribution in [0.5, 0.6) is 5.75 Å². The molecule has 4 aromatic rings. The Morgan fingerprint density at radius 3 is 2.42 bits per heavy atom. The van der Waals surface area contributed by atoms with Gasteiger partial charge in [-0.1, -0.05) is 30.3 Å². The van der Waals surface area contributed by atoms with Crippen molar-refractivity contribution >= 4 is 12.0 Å². The van der Waals surface area contributed by atoms with Crippen molar-refractivity contribution in [3.63, 3.8) is 0 Å². The maximum atomic E-state index is 12.6. The molecular formula is C29H28N6O5. The number of hydrogen-bond donors (Lipinski definition) is 2. The second kappa shape index (κ2) is 11.8. The van der Waals surface area contributed by atoms with Gasteiger partial charge in [-0.3, -0.25) is 9.59 Å². The van der Waals surface area contributed by atoms with E-state index in [1.165, 1.54) is 15.6 Å². The van der Waals surface area contributed by atoms with E-state index in [1.54, 1.807) is 42.7 Å². The third-order valence-electron chi connectivity index (χ3n) is 6.83. The van der Waals surface area contributed by atoms with Crippen molar-refractivity contribution in [1.82, 2.24) is 24.6 Å². The van der Waals surface area contributed by atoms with Gasteiger partial charge in [0.2, 0.25) is 5.91 Å². The third-order valence-corrected chi connectivity index (χ3v) is 6.83. The van der Waals surface area contributed by atoms with Crippen molar-refractivity contribution in [3.05, 3.63) is 94.5 Å². The Kier molecular flexibility index (Phi) is 7.81. The fraction of sp³-hybridized carbons (Fsp3) is 0.241. The number of nitrogens with zero attached hydrogens (tertiary/aromatic N) is 5. The summed E-state index contributed by atoms with van der Waals surface area (Å²) in [6.45, 7) is 1.75. The number of aromatic nitrogens is 4. The number of rotatable bonds is 8. The summed E-state index contributed by atoms with van der Waals surface area (Å²) in [6.07, 6.45) is 3.89. The maximum Gasteiger partial charge on any atom is 0.407 e. The summed E-state index contributed by atoms with van der Waals surface area (Å²) < 4.78 is 7.22. The van der Waals surface area contributed by atoms with Crippen molar-refractivity contribution in [1.29, 1.82) is 0 Å². The van der Waals surface area contributed by atoms with Gasteiger partial charge in [0.25, 0.3) is 5.56 Å². The SMILES string of the molecule is NC(=O)c1cccc(-c2ccc(=O)n(Cc3cccc(-c4ncc(OCC5CCN(C(=O)O)CC5)cn4)c3)n2)c1. The maximum absolute atomic E-state index is 12.6. The van der Waals surface area contributed by atoms with E-state index in [1.807, 2.05) is 24.3 Å². The highest BCUT2D eigenvalue weighted by molar-refractivity contribution is 5.93. The number of primary amides is 1. The van der Waals surface area contributed by atoms with Crippen LogP contribution in [0, 0.1) is 5.92 Å². The predicted molar refractivity (Wildman–Crippen MR) is 147 cm³/mol. The quantitative estimate of drug-likeness (QED) is 0.345. The molecule has 1 aliphatic heterocycles. The Hall–Kier alpha value is -5.06. The fourth-order valence-electron chi connectivity index (χ4n) is 4.57. The second-order valence-corrected chi connectivity index (χ2v) is 9.63. The van der Waals surface area contributed by atoms with Gasteiger partial charge in [-0.25, -0.2) is 19.4 Å². The first kappa shape index (κ1) is 26.5. The largest absolute Gasteiger partial charge is 0.490 e. The van der Waals surface area contributed by atoms with Gasteiger partial charge < -0.3 is 20.5 Å². The number of hydrogen-bond acceptors (Lipinski definition) is 7. The van der Waals surface area contributed by atoms with E-state index in [9.17, 15) is 14.4 Å². The summed E-state index contributed by atoms with van der Waals surface area (Å²) in [5, 5.41) is 13.6. The predicted octanol–water partition coefficient (Wildman–Crippen LogP) is 3.28. The molecule has 0 spiro atoms.